The van der Waals surface area contributed by atoms with Gasteiger partial charge in [-0.25, -0.2) is 0 Å². The molecule has 8 nitrogen and oxygen atoms in total. The molecule has 3 N–H and O–H groups in total. The van der Waals surface area contributed by atoms with E-state index in [2.05, 4.69) is 24.1 Å². The summed E-state index contributed by atoms with van der Waals surface area (Å²) < 4.78 is 11.9. The molecule has 0 aliphatic carbocycles. The van der Waals surface area contributed by atoms with Crippen LogP contribution in [0.15, 0.2) is 0 Å². The first-order valence-corrected chi connectivity index (χ1v) is 19.2. The standard InChI is InChI=1S/C34H63ClN2O6S/c1-6-8-9-10-11-12-13-14-15-16-17-18-19-21-27(38)42-32-30(40)29(39)31(43-34(32)44-5)28(24(3)35)36-33(41)26-22-25(20-7-2)23-37(26)4/h24-26,28-32,34,39-40H,6-23H2,1-5H3,(H,36,41)/t24-,25+,26-,28+,29+,30-,31?,32+,34+/m0/s1. The molecular formula is C34H63ClN2O6S. The highest BCUT2D eigenvalue weighted by Gasteiger charge is 2.50. The molecule has 10 heteroatoms. The average molecular weight is 663 g/mol. The maximum Gasteiger partial charge on any atom is 0.306 e. The van der Waals surface area contributed by atoms with Gasteiger partial charge in [-0.05, 0) is 45.4 Å². The van der Waals surface area contributed by atoms with Crippen molar-refractivity contribution in [3.63, 3.8) is 0 Å². The number of hydrogen-bond donors (Lipinski definition) is 3. The Bertz CT molecular complexity index is 806. The molecule has 0 saturated carbocycles. The molecule has 2 fully saturated rings. The molecule has 2 aliphatic rings. The van der Waals surface area contributed by atoms with Gasteiger partial charge >= 0.3 is 5.97 Å². The summed E-state index contributed by atoms with van der Waals surface area (Å²) >= 11 is 7.82. The van der Waals surface area contributed by atoms with E-state index in [1.165, 1.54) is 76.0 Å². The van der Waals surface area contributed by atoms with Gasteiger partial charge in [-0.2, -0.15) is 0 Å². The van der Waals surface area contributed by atoms with Gasteiger partial charge in [0.25, 0.3) is 0 Å². The number of carbonyl (C=O) groups is 2. The number of rotatable bonds is 22. The van der Waals surface area contributed by atoms with Gasteiger partial charge in [0.05, 0.1) is 17.5 Å². The number of hydrogen-bond acceptors (Lipinski definition) is 8. The number of likely N-dealkylation sites (tertiary alicyclic amines) is 1. The third-order valence-corrected chi connectivity index (χ3v) is 10.5. The largest absolute Gasteiger partial charge is 0.456 e. The van der Waals surface area contributed by atoms with E-state index >= 15 is 0 Å². The lowest BCUT2D eigenvalue weighted by Crippen LogP contribution is -2.65. The molecule has 0 radical (unpaired) electrons. The van der Waals surface area contributed by atoms with Crippen LogP contribution in [0.5, 0.6) is 0 Å². The second kappa shape index (κ2) is 22.1. The Morgan fingerprint density at radius 3 is 2.05 bits per heavy atom. The van der Waals surface area contributed by atoms with Crippen LogP contribution in [-0.2, 0) is 19.1 Å². The zero-order valence-electron chi connectivity index (χ0n) is 28.2. The molecule has 2 saturated heterocycles. The van der Waals surface area contributed by atoms with E-state index in [9.17, 15) is 19.8 Å². The zero-order chi connectivity index (χ0) is 32.5. The van der Waals surface area contributed by atoms with Crippen LogP contribution in [0.25, 0.3) is 0 Å². The van der Waals surface area contributed by atoms with E-state index in [1.807, 2.05) is 7.05 Å². The van der Waals surface area contributed by atoms with Crippen LogP contribution < -0.4 is 5.32 Å². The number of nitrogens with one attached hydrogen (secondary N) is 1. The second-order valence-electron chi connectivity index (χ2n) is 13.2. The smallest absolute Gasteiger partial charge is 0.306 e. The number of carbonyl (C=O) groups excluding carboxylic acids is 2. The molecular weight excluding hydrogens is 600 g/mol. The van der Waals surface area contributed by atoms with Crippen molar-refractivity contribution in [3.05, 3.63) is 0 Å². The van der Waals surface area contributed by atoms with E-state index in [1.54, 1.807) is 13.2 Å². The third kappa shape index (κ3) is 13.3. The lowest BCUT2D eigenvalue weighted by atomic mass is 9.92. The molecule has 0 aromatic heterocycles. The Morgan fingerprint density at radius 1 is 0.955 bits per heavy atom. The summed E-state index contributed by atoms with van der Waals surface area (Å²) in [4.78, 5) is 28.0. The van der Waals surface area contributed by atoms with E-state index in [-0.39, 0.29) is 18.4 Å². The fourth-order valence-corrected chi connectivity index (χ4v) is 7.65. The number of unbranched alkanes of at least 4 members (excludes halogenated alkanes) is 12. The highest BCUT2D eigenvalue weighted by Crippen LogP contribution is 2.33. The van der Waals surface area contributed by atoms with Gasteiger partial charge in [-0.1, -0.05) is 97.3 Å². The first-order valence-electron chi connectivity index (χ1n) is 17.5. The lowest BCUT2D eigenvalue weighted by Gasteiger charge is -2.45. The number of halogens is 1. The minimum absolute atomic E-state index is 0.152. The Hall–Kier alpha value is -0.580. The number of thioether (sulfide) groups is 1. The Labute approximate surface area is 277 Å². The third-order valence-electron chi connectivity index (χ3n) is 9.36. The van der Waals surface area contributed by atoms with Crippen LogP contribution >= 0.6 is 23.4 Å². The Morgan fingerprint density at radius 2 is 1.52 bits per heavy atom. The van der Waals surface area contributed by atoms with Gasteiger partial charge in [-0.15, -0.1) is 23.4 Å². The number of ether oxygens (including phenoxy) is 2. The van der Waals surface area contributed by atoms with E-state index in [4.69, 9.17) is 21.1 Å². The first-order chi connectivity index (χ1) is 21.1. The van der Waals surface area contributed by atoms with Crippen molar-refractivity contribution >= 4 is 35.2 Å². The fourth-order valence-electron chi connectivity index (χ4n) is 6.72. The fraction of sp³-hybridized carbons (Fsp3) is 0.941. The van der Waals surface area contributed by atoms with Crippen LogP contribution in [0.3, 0.4) is 0 Å². The molecule has 2 rings (SSSR count). The van der Waals surface area contributed by atoms with Crippen LogP contribution in [0.2, 0.25) is 0 Å². The Balaban J connectivity index is 1.76. The van der Waals surface area contributed by atoms with Crippen molar-refractivity contribution in [2.75, 3.05) is 19.8 Å². The van der Waals surface area contributed by atoms with Crippen LogP contribution in [0.4, 0.5) is 0 Å². The number of nitrogens with zero attached hydrogens (tertiary/aromatic N) is 1. The number of esters is 1. The highest BCUT2D eigenvalue weighted by molar-refractivity contribution is 7.99. The summed E-state index contributed by atoms with van der Waals surface area (Å²) in [6.07, 6.45) is 16.3. The molecule has 1 unspecified atom stereocenters. The highest BCUT2D eigenvalue weighted by atomic mass is 35.5. The quantitative estimate of drug-likeness (QED) is 0.0693. The Kier molecular flexibility index (Phi) is 19.9. The second-order valence-corrected chi connectivity index (χ2v) is 14.8. The van der Waals surface area contributed by atoms with E-state index in [0.717, 1.165) is 45.1 Å². The predicted molar refractivity (Wildman–Crippen MR) is 181 cm³/mol. The minimum atomic E-state index is -1.38. The predicted octanol–water partition coefficient (Wildman–Crippen LogP) is 6.42. The van der Waals surface area contributed by atoms with Gasteiger partial charge in [0.1, 0.15) is 23.7 Å². The van der Waals surface area contributed by atoms with Crippen molar-refractivity contribution in [1.82, 2.24) is 10.2 Å². The molecule has 1 amide bonds. The van der Waals surface area contributed by atoms with Gasteiger partial charge in [-0.3, -0.25) is 14.5 Å². The maximum absolute atomic E-state index is 13.3. The van der Waals surface area contributed by atoms with Gasteiger partial charge in [0.2, 0.25) is 5.91 Å². The molecule has 2 heterocycles. The van der Waals surface area contributed by atoms with Crippen molar-refractivity contribution < 1.29 is 29.3 Å². The lowest BCUT2D eigenvalue weighted by molar-refractivity contribution is -0.218. The monoisotopic (exact) mass is 662 g/mol. The zero-order valence-corrected chi connectivity index (χ0v) is 29.8. The summed E-state index contributed by atoms with van der Waals surface area (Å²) in [5.74, 6) is -0.0742. The minimum Gasteiger partial charge on any atom is -0.456 e. The van der Waals surface area contributed by atoms with Crippen molar-refractivity contribution in [3.8, 4) is 0 Å². The van der Waals surface area contributed by atoms with Gasteiger partial charge in [0.15, 0.2) is 6.10 Å². The normalized spacial score (nSPS) is 29.0. The molecule has 0 aromatic carbocycles. The van der Waals surface area contributed by atoms with Crippen molar-refractivity contribution in [2.24, 2.45) is 5.92 Å². The number of aliphatic hydroxyl groups excluding tert-OH is 2. The molecule has 9 atom stereocenters. The number of likely N-dealkylation sites (N-methyl/N-ethyl adjacent to an activating group) is 1. The van der Waals surface area contributed by atoms with Crippen LogP contribution in [-0.4, -0.2) is 94.2 Å². The van der Waals surface area contributed by atoms with Crippen molar-refractivity contribution in [1.29, 1.82) is 0 Å². The summed E-state index contributed by atoms with van der Waals surface area (Å²) in [5.41, 5.74) is -0.702. The van der Waals surface area contributed by atoms with Crippen LogP contribution in [0, 0.1) is 5.92 Å². The average Bonchev–Trinajstić information content (AvgIpc) is 3.36. The molecule has 258 valence electrons. The summed E-state index contributed by atoms with van der Waals surface area (Å²) in [6, 6.07) is -1.00. The molecule has 0 spiro atoms. The molecule has 0 bridgehead atoms. The number of aliphatic hydroxyl groups is 2. The van der Waals surface area contributed by atoms with Gasteiger partial charge < -0.3 is 25.0 Å². The molecule has 2 aliphatic heterocycles. The summed E-state index contributed by atoms with van der Waals surface area (Å²) in [5, 5.41) is 24.6. The molecule has 44 heavy (non-hydrogen) atoms. The number of amides is 1. The summed E-state index contributed by atoms with van der Waals surface area (Å²) in [7, 11) is 1.95. The topological polar surface area (TPSA) is 108 Å². The molecule has 0 aromatic rings. The number of alkyl halides is 1. The first kappa shape index (κ1) is 39.6. The van der Waals surface area contributed by atoms with Crippen LogP contribution in [0.1, 0.15) is 130 Å². The van der Waals surface area contributed by atoms with Gasteiger partial charge in [0, 0.05) is 13.0 Å². The summed E-state index contributed by atoms with van der Waals surface area (Å²) in [6.45, 7) is 7.01. The SMILES string of the molecule is CCCCCCCCCCCCCCCC(=O)O[C@@H]1[C@@H](O)[C@@H](O)C([C@H](NC(=O)[C@@H]2C[C@@H](CCC)CN2C)[C@H](C)Cl)O[C@@H]1SC. The van der Waals surface area contributed by atoms with E-state index < -0.39 is 47.2 Å². The van der Waals surface area contributed by atoms with Crippen molar-refractivity contribution in [2.45, 2.75) is 177 Å². The van der Waals surface area contributed by atoms with E-state index in [0.29, 0.717) is 5.92 Å². The maximum atomic E-state index is 13.3.